The van der Waals surface area contributed by atoms with Gasteiger partial charge < -0.3 is 15.7 Å². The Morgan fingerprint density at radius 1 is 1.17 bits per heavy atom. The molecule has 0 atom stereocenters. The van der Waals surface area contributed by atoms with Crippen LogP contribution in [0.1, 0.15) is 38.5 Å². The summed E-state index contributed by atoms with van der Waals surface area (Å²) >= 11 is 1.94. The van der Waals surface area contributed by atoms with Crippen molar-refractivity contribution in [3.05, 3.63) is 0 Å². The Morgan fingerprint density at radius 2 is 1.89 bits per heavy atom. The summed E-state index contributed by atoms with van der Waals surface area (Å²) in [5, 5.41) is 14.2. The molecule has 0 spiro atoms. The first kappa shape index (κ1) is 15.1. The van der Waals surface area contributed by atoms with Crippen molar-refractivity contribution in [1.29, 1.82) is 0 Å². The number of aliphatic carboxylic acids is 1. The molecule has 1 heterocycles. The van der Waals surface area contributed by atoms with Crippen LogP contribution in [-0.4, -0.2) is 41.2 Å². The van der Waals surface area contributed by atoms with E-state index in [9.17, 15) is 9.59 Å². The van der Waals surface area contributed by atoms with E-state index in [1.807, 2.05) is 11.8 Å². The molecule has 0 aliphatic carbocycles. The van der Waals surface area contributed by atoms with E-state index in [-0.39, 0.29) is 12.5 Å². The lowest BCUT2D eigenvalue weighted by Crippen LogP contribution is -2.43. The quantitative estimate of drug-likeness (QED) is 0.619. The summed E-state index contributed by atoms with van der Waals surface area (Å²) in [5.41, 5.74) is 0. The van der Waals surface area contributed by atoms with Crippen molar-refractivity contribution in [1.82, 2.24) is 10.6 Å². The minimum atomic E-state index is -0.754. The topological polar surface area (TPSA) is 78.4 Å². The smallest absolute Gasteiger partial charge is 0.315 e. The maximum atomic E-state index is 11.5. The molecule has 1 aliphatic rings. The standard InChI is InChI=1S/C12H22N2O3S/c15-11(16)4-2-1-3-7-13-12(17)14-10-5-8-18-9-6-10/h10H,1-9H2,(H,15,16)(H2,13,14,17). The predicted molar refractivity (Wildman–Crippen MR) is 73.0 cm³/mol. The summed E-state index contributed by atoms with van der Waals surface area (Å²) in [4.78, 5) is 21.8. The van der Waals surface area contributed by atoms with E-state index in [1.165, 1.54) is 0 Å². The Bertz CT molecular complexity index is 268. The number of hydrogen-bond acceptors (Lipinski definition) is 3. The lowest BCUT2D eigenvalue weighted by molar-refractivity contribution is -0.137. The van der Waals surface area contributed by atoms with E-state index < -0.39 is 5.97 Å². The van der Waals surface area contributed by atoms with E-state index in [1.54, 1.807) is 0 Å². The zero-order chi connectivity index (χ0) is 13.2. The summed E-state index contributed by atoms with van der Waals surface area (Å²) in [7, 11) is 0. The molecule has 0 radical (unpaired) electrons. The molecule has 1 fully saturated rings. The molecular weight excluding hydrogens is 252 g/mol. The van der Waals surface area contributed by atoms with Gasteiger partial charge in [0.15, 0.2) is 0 Å². The Hall–Kier alpha value is -0.910. The summed E-state index contributed by atoms with van der Waals surface area (Å²) < 4.78 is 0. The van der Waals surface area contributed by atoms with Gasteiger partial charge in [-0.1, -0.05) is 6.42 Å². The number of nitrogens with one attached hydrogen (secondary N) is 2. The minimum absolute atomic E-state index is 0.0925. The number of carboxylic acids is 1. The largest absolute Gasteiger partial charge is 0.481 e. The third-order valence-electron chi connectivity index (χ3n) is 2.91. The molecule has 2 amide bonds. The van der Waals surface area contributed by atoms with Gasteiger partial charge in [0.05, 0.1) is 0 Å². The van der Waals surface area contributed by atoms with Gasteiger partial charge in [0.1, 0.15) is 0 Å². The number of carbonyl (C=O) groups is 2. The summed E-state index contributed by atoms with van der Waals surface area (Å²) in [5.74, 6) is 1.50. The molecule has 6 heteroatoms. The van der Waals surface area contributed by atoms with Gasteiger partial charge >= 0.3 is 12.0 Å². The van der Waals surface area contributed by atoms with Crippen LogP contribution in [0, 0.1) is 0 Å². The Balaban J connectivity index is 1.94. The first-order chi connectivity index (χ1) is 8.68. The van der Waals surface area contributed by atoms with Crippen LogP contribution in [0.5, 0.6) is 0 Å². The average molecular weight is 274 g/mol. The summed E-state index contributed by atoms with van der Waals surface area (Å²) in [6.07, 6.45) is 4.67. The molecule has 18 heavy (non-hydrogen) atoms. The number of carbonyl (C=O) groups excluding carboxylic acids is 1. The molecule has 0 aromatic rings. The average Bonchev–Trinajstić information content (AvgIpc) is 2.34. The van der Waals surface area contributed by atoms with E-state index in [0.29, 0.717) is 19.0 Å². The normalized spacial score (nSPS) is 16.2. The van der Waals surface area contributed by atoms with Crippen molar-refractivity contribution in [2.24, 2.45) is 0 Å². The number of amides is 2. The van der Waals surface area contributed by atoms with Gasteiger partial charge in [-0.15, -0.1) is 0 Å². The first-order valence-corrected chi connectivity index (χ1v) is 7.68. The van der Waals surface area contributed by atoms with Crippen LogP contribution in [0.2, 0.25) is 0 Å². The van der Waals surface area contributed by atoms with Crippen LogP contribution in [-0.2, 0) is 4.79 Å². The van der Waals surface area contributed by atoms with E-state index in [4.69, 9.17) is 5.11 Å². The summed E-state index contributed by atoms with van der Waals surface area (Å²) in [6.45, 7) is 0.618. The molecule has 5 nitrogen and oxygen atoms in total. The van der Waals surface area contributed by atoms with Crippen LogP contribution in [0.15, 0.2) is 0 Å². The van der Waals surface area contributed by atoms with Gasteiger partial charge in [0, 0.05) is 19.0 Å². The van der Waals surface area contributed by atoms with Crippen molar-refractivity contribution in [2.45, 2.75) is 44.6 Å². The zero-order valence-corrected chi connectivity index (χ0v) is 11.4. The fourth-order valence-corrected chi connectivity index (χ4v) is 2.96. The van der Waals surface area contributed by atoms with Crippen LogP contribution in [0.25, 0.3) is 0 Å². The molecule has 0 aromatic heterocycles. The van der Waals surface area contributed by atoms with E-state index in [2.05, 4.69) is 10.6 Å². The summed E-state index contributed by atoms with van der Waals surface area (Å²) in [6, 6.07) is 0.225. The molecule has 3 N–H and O–H groups in total. The number of carboxylic acid groups (broad SMARTS) is 1. The van der Waals surface area contributed by atoms with Gasteiger partial charge in [-0.2, -0.15) is 11.8 Å². The third kappa shape index (κ3) is 7.42. The fraction of sp³-hybridized carbons (Fsp3) is 0.833. The monoisotopic (exact) mass is 274 g/mol. The fourth-order valence-electron chi connectivity index (χ4n) is 1.86. The van der Waals surface area contributed by atoms with Gasteiger partial charge in [0.25, 0.3) is 0 Å². The second-order valence-corrected chi connectivity index (χ2v) is 5.72. The molecular formula is C12H22N2O3S. The van der Waals surface area contributed by atoms with Crippen molar-refractivity contribution >= 4 is 23.8 Å². The molecule has 0 saturated carbocycles. The SMILES string of the molecule is O=C(O)CCCCCNC(=O)NC1CCSCC1. The van der Waals surface area contributed by atoms with Gasteiger partial charge in [-0.3, -0.25) is 4.79 Å². The maximum absolute atomic E-state index is 11.5. The van der Waals surface area contributed by atoms with E-state index >= 15 is 0 Å². The Kier molecular flexibility index (Phi) is 7.64. The van der Waals surface area contributed by atoms with Crippen molar-refractivity contribution in [2.75, 3.05) is 18.1 Å². The Morgan fingerprint density at radius 3 is 2.56 bits per heavy atom. The highest BCUT2D eigenvalue weighted by atomic mass is 32.2. The number of urea groups is 1. The van der Waals surface area contributed by atoms with Crippen LogP contribution >= 0.6 is 11.8 Å². The minimum Gasteiger partial charge on any atom is -0.481 e. The second kappa shape index (κ2) is 9.08. The second-order valence-electron chi connectivity index (χ2n) is 4.49. The number of hydrogen-bond donors (Lipinski definition) is 3. The van der Waals surface area contributed by atoms with Crippen molar-refractivity contribution < 1.29 is 14.7 Å². The van der Waals surface area contributed by atoms with Gasteiger partial charge in [-0.25, -0.2) is 4.79 Å². The Labute approximate surface area is 112 Å². The molecule has 1 aliphatic heterocycles. The molecule has 1 rings (SSSR count). The van der Waals surface area contributed by atoms with Crippen molar-refractivity contribution in [3.63, 3.8) is 0 Å². The zero-order valence-electron chi connectivity index (χ0n) is 10.6. The lowest BCUT2D eigenvalue weighted by atomic mass is 10.1. The number of unbranched alkanes of at least 4 members (excludes halogenated alkanes) is 2. The number of rotatable bonds is 7. The van der Waals surface area contributed by atoms with Gasteiger partial charge in [-0.05, 0) is 37.2 Å². The first-order valence-electron chi connectivity index (χ1n) is 6.52. The highest BCUT2D eigenvalue weighted by Gasteiger charge is 2.15. The van der Waals surface area contributed by atoms with Crippen molar-refractivity contribution in [3.8, 4) is 0 Å². The molecule has 0 aromatic carbocycles. The van der Waals surface area contributed by atoms with Crippen LogP contribution < -0.4 is 10.6 Å². The van der Waals surface area contributed by atoms with Crippen LogP contribution in [0.3, 0.4) is 0 Å². The molecule has 104 valence electrons. The van der Waals surface area contributed by atoms with Gasteiger partial charge in [0.2, 0.25) is 0 Å². The van der Waals surface area contributed by atoms with E-state index in [0.717, 1.165) is 37.2 Å². The lowest BCUT2D eigenvalue weighted by Gasteiger charge is -2.22. The molecule has 0 unspecified atom stereocenters. The molecule has 1 saturated heterocycles. The highest BCUT2D eigenvalue weighted by molar-refractivity contribution is 7.99. The number of thioether (sulfide) groups is 1. The predicted octanol–water partition coefficient (Wildman–Crippen LogP) is 1.83. The third-order valence-corrected chi connectivity index (χ3v) is 3.96. The highest BCUT2D eigenvalue weighted by Crippen LogP contribution is 2.16. The maximum Gasteiger partial charge on any atom is 0.315 e. The molecule has 0 bridgehead atoms. The van der Waals surface area contributed by atoms with Crippen LogP contribution in [0.4, 0.5) is 4.79 Å².